The zero-order valence-electron chi connectivity index (χ0n) is 15.9. The fourth-order valence-electron chi connectivity index (χ4n) is 2.90. The Hall–Kier alpha value is -3.75. The second-order valence-corrected chi connectivity index (χ2v) is 6.49. The molecule has 0 radical (unpaired) electrons. The highest BCUT2D eigenvalue weighted by Gasteiger charge is 2.18. The van der Waals surface area contributed by atoms with Gasteiger partial charge in [-0.1, -0.05) is 38.0 Å². The number of carbonyl (C=O) groups excluding carboxylic acids is 2. The number of nitrogens with one attached hydrogen (secondary N) is 2. The fraction of sp³-hybridized carbons (Fsp3) is 0.250. The van der Waals surface area contributed by atoms with Gasteiger partial charge in [0.25, 0.3) is 17.4 Å². The van der Waals surface area contributed by atoms with E-state index >= 15 is 0 Å². The summed E-state index contributed by atoms with van der Waals surface area (Å²) in [5, 5.41) is 16.3. The molecule has 0 bridgehead atoms. The van der Waals surface area contributed by atoms with E-state index in [4.69, 9.17) is 0 Å². The normalized spacial score (nSPS) is 10.7. The molecule has 9 nitrogen and oxygen atoms in total. The molecule has 0 aliphatic heterocycles. The predicted molar refractivity (Wildman–Crippen MR) is 106 cm³/mol. The van der Waals surface area contributed by atoms with Crippen LogP contribution < -0.4 is 21.1 Å². The Kier molecular flexibility index (Phi) is 6.18. The summed E-state index contributed by atoms with van der Waals surface area (Å²) in [6.07, 6.45) is 5.03. The van der Waals surface area contributed by atoms with Gasteiger partial charge >= 0.3 is 0 Å². The van der Waals surface area contributed by atoms with Gasteiger partial charge < -0.3 is 5.21 Å². The molecular formula is C20H21N5O4. The molecule has 0 aliphatic carbocycles. The zero-order chi connectivity index (χ0) is 20.8. The number of hydrogen-bond acceptors (Lipinski definition) is 5. The number of rotatable bonds is 6. The van der Waals surface area contributed by atoms with E-state index < -0.39 is 11.8 Å². The zero-order valence-corrected chi connectivity index (χ0v) is 15.9. The molecule has 2 aromatic heterocycles. The van der Waals surface area contributed by atoms with E-state index in [0.29, 0.717) is 22.0 Å². The summed E-state index contributed by atoms with van der Waals surface area (Å²) in [5.74, 6) is -1.31. The second kappa shape index (κ2) is 8.96. The molecule has 150 valence electrons. The van der Waals surface area contributed by atoms with Crippen LogP contribution in [-0.2, 0) is 6.54 Å². The molecule has 2 heterocycles. The third kappa shape index (κ3) is 4.57. The molecule has 9 heteroatoms. The van der Waals surface area contributed by atoms with Gasteiger partial charge in [0.05, 0.1) is 5.39 Å². The molecule has 1 aromatic carbocycles. The SMILES string of the molecule is CCCCCn1nc(C(=O)NNC(=O)c2ccc[n+]([O-])c2)c2ccccc2c1=O. The van der Waals surface area contributed by atoms with Crippen LogP contribution >= 0.6 is 0 Å². The van der Waals surface area contributed by atoms with E-state index in [0.717, 1.165) is 25.5 Å². The number of benzene rings is 1. The van der Waals surface area contributed by atoms with Crippen molar-refractivity contribution in [1.82, 2.24) is 20.6 Å². The minimum Gasteiger partial charge on any atom is -0.619 e. The van der Waals surface area contributed by atoms with E-state index in [1.165, 1.54) is 23.0 Å². The summed E-state index contributed by atoms with van der Waals surface area (Å²) in [7, 11) is 0. The minimum atomic E-state index is -0.662. The molecule has 0 spiro atoms. The molecule has 0 saturated carbocycles. The van der Waals surface area contributed by atoms with Crippen molar-refractivity contribution in [2.45, 2.75) is 32.7 Å². The summed E-state index contributed by atoms with van der Waals surface area (Å²) in [6.45, 7) is 2.46. The van der Waals surface area contributed by atoms with Crippen molar-refractivity contribution in [3.05, 3.63) is 75.6 Å². The van der Waals surface area contributed by atoms with Crippen molar-refractivity contribution >= 4 is 22.6 Å². The summed E-state index contributed by atoms with van der Waals surface area (Å²) < 4.78 is 1.77. The molecule has 0 atom stereocenters. The standard InChI is InChI=1S/C20H21N5O4/c1-2-3-6-12-25-20(28)16-10-5-4-9-15(16)17(23-25)19(27)22-21-18(26)14-8-7-11-24(29)13-14/h4-5,7-11,13H,2-3,6,12H2,1H3,(H,21,26)(H,22,27). The van der Waals surface area contributed by atoms with Crippen molar-refractivity contribution < 1.29 is 14.3 Å². The lowest BCUT2D eigenvalue weighted by atomic mass is 10.1. The van der Waals surface area contributed by atoms with Gasteiger partial charge in [0, 0.05) is 18.0 Å². The van der Waals surface area contributed by atoms with E-state index in [1.807, 2.05) is 0 Å². The second-order valence-electron chi connectivity index (χ2n) is 6.49. The Morgan fingerprint density at radius 1 is 1.07 bits per heavy atom. The maximum atomic E-state index is 12.7. The summed E-state index contributed by atoms with van der Waals surface area (Å²) in [6, 6.07) is 9.56. The number of pyridine rings is 1. The molecule has 0 fully saturated rings. The highest BCUT2D eigenvalue weighted by molar-refractivity contribution is 6.05. The lowest BCUT2D eigenvalue weighted by Crippen LogP contribution is -2.43. The monoisotopic (exact) mass is 395 g/mol. The maximum absolute atomic E-state index is 12.7. The van der Waals surface area contributed by atoms with E-state index in [9.17, 15) is 19.6 Å². The lowest BCUT2D eigenvalue weighted by molar-refractivity contribution is -0.605. The predicted octanol–water partition coefficient (Wildman–Crippen LogP) is 1.29. The highest BCUT2D eigenvalue weighted by Crippen LogP contribution is 2.13. The number of aryl methyl sites for hydroxylation is 1. The van der Waals surface area contributed by atoms with Crippen molar-refractivity contribution in [3.8, 4) is 0 Å². The maximum Gasteiger partial charge on any atom is 0.290 e. The number of unbranched alkanes of at least 4 members (excludes halogenated alkanes) is 2. The van der Waals surface area contributed by atoms with Crippen LogP contribution in [0.3, 0.4) is 0 Å². The van der Waals surface area contributed by atoms with Gasteiger partial charge in [0.2, 0.25) is 0 Å². The highest BCUT2D eigenvalue weighted by atomic mass is 16.5. The molecule has 3 aromatic rings. The van der Waals surface area contributed by atoms with Gasteiger partial charge in [0.1, 0.15) is 5.56 Å². The van der Waals surface area contributed by atoms with Crippen molar-refractivity contribution in [3.63, 3.8) is 0 Å². The first-order valence-corrected chi connectivity index (χ1v) is 9.30. The van der Waals surface area contributed by atoms with Crippen LogP contribution in [-0.4, -0.2) is 21.6 Å². The van der Waals surface area contributed by atoms with Crippen molar-refractivity contribution in [1.29, 1.82) is 0 Å². The average molecular weight is 395 g/mol. The quantitative estimate of drug-likeness (QED) is 0.282. The molecule has 2 N–H and O–H groups in total. The van der Waals surface area contributed by atoms with Crippen LogP contribution in [0.4, 0.5) is 0 Å². The van der Waals surface area contributed by atoms with Crippen LogP contribution in [0.5, 0.6) is 0 Å². The molecule has 0 saturated heterocycles. The van der Waals surface area contributed by atoms with E-state index in [-0.39, 0.29) is 16.8 Å². The van der Waals surface area contributed by atoms with Gasteiger partial charge in [-0.3, -0.25) is 25.2 Å². The average Bonchev–Trinajstić information content (AvgIpc) is 2.73. The van der Waals surface area contributed by atoms with Gasteiger partial charge in [-0.15, -0.1) is 0 Å². The van der Waals surface area contributed by atoms with Crippen molar-refractivity contribution in [2.75, 3.05) is 0 Å². The van der Waals surface area contributed by atoms with Crippen LogP contribution in [0.25, 0.3) is 10.8 Å². The van der Waals surface area contributed by atoms with Crippen LogP contribution in [0.1, 0.15) is 47.0 Å². The molecule has 0 unspecified atom stereocenters. The molecule has 2 amide bonds. The Morgan fingerprint density at radius 3 is 2.52 bits per heavy atom. The molecular weight excluding hydrogens is 374 g/mol. The van der Waals surface area contributed by atoms with Gasteiger partial charge in [0.15, 0.2) is 18.1 Å². The van der Waals surface area contributed by atoms with Gasteiger partial charge in [-0.25, -0.2) is 4.68 Å². The van der Waals surface area contributed by atoms with Crippen molar-refractivity contribution in [2.24, 2.45) is 0 Å². The number of aromatic nitrogens is 3. The Labute approximate surface area is 166 Å². The summed E-state index contributed by atoms with van der Waals surface area (Å²) in [5.41, 5.74) is 4.41. The number of amides is 2. The lowest BCUT2D eigenvalue weighted by Gasteiger charge is -2.11. The first-order valence-electron chi connectivity index (χ1n) is 9.30. The summed E-state index contributed by atoms with van der Waals surface area (Å²) in [4.78, 5) is 37.5. The molecule has 3 rings (SSSR count). The van der Waals surface area contributed by atoms with Gasteiger partial charge in [-0.2, -0.15) is 9.83 Å². The molecule has 29 heavy (non-hydrogen) atoms. The number of fused-ring (bicyclic) bond motifs is 1. The first-order chi connectivity index (χ1) is 14.0. The number of nitrogens with zero attached hydrogens (tertiary/aromatic N) is 3. The van der Waals surface area contributed by atoms with Crippen LogP contribution in [0.2, 0.25) is 0 Å². The number of hydrogen-bond donors (Lipinski definition) is 2. The topological polar surface area (TPSA) is 120 Å². The number of hydrazine groups is 1. The van der Waals surface area contributed by atoms with Crippen LogP contribution in [0.15, 0.2) is 53.6 Å². The van der Waals surface area contributed by atoms with Gasteiger partial charge in [-0.05, 0) is 18.6 Å². The third-order valence-corrected chi connectivity index (χ3v) is 4.38. The number of carbonyl (C=O) groups is 2. The van der Waals surface area contributed by atoms with Crippen LogP contribution in [0, 0.1) is 5.21 Å². The smallest absolute Gasteiger partial charge is 0.290 e. The van der Waals surface area contributed by atoms with E-state index in [1.54, 1.807) is 24.3 Å². The summed E-state index contributed by atoms with van der Waals surface area (Å²) >= 11 is 0. The first kappa shape index (κ1) is 20.0. The minimum absolute atomic E-state index is 0.0314. The Balaban J connectivity index is 1.85. The fourth-order valence-corrected chi connectivity index (χ4v) is 2.90. The Morgan fingerprint density at radius 2 is 1.79 bits per heavy atom. The third-order valence-electron chi connectivity index (χ3n) is 4.38. The largest absolute Gasteiger partial charge is 0.619 e. The molecule has 0 aliphatic rings. The van der Waals surface area contributed by atoms with E-state index in [2.05, 4.69) is 22.9 Å². The Bertz CT molecular complexity index is 1110.